The van der Waals surface area contributed by atoms with Crippen molar-refractivity contribution in [2.75, 3.05) is 5.73 Å². The zero-order valence-electron chi connectivity index (χ0n) is 44.8. The van der Waals surface area contributed by atoms with E-state index in [4.69, 9.17) is 30.4 Å². The van der Waals surface area contributed by atoms with Gasteiger partial charge < -0.3 is 81.5 Å². The van der Waals surface area contributed by atoms with E-state index in [9.17, 15) is 70.2 Å². The van der Waals surface area contributed by atoms with E-state index in [1.807, 2.05) is 19.9 Å². The summed E-state index contributed by atoms with van der Waals surface area (Å²) in [6.45, 7) is 5.27. The highest BCUT2D eigenvalue weighted by Gasteiger charge is 2.51. The van der Waals surface area contributed by atoms with Crippen LogP contribution in [0.4, 0.5) is 5.69 Å². The summed E-state index contributed by atoms with van der Waals surface area (Å²) in [5.74, 6) is -7.37. The van der Waals surface area contributed by atoms with Crippen molar-refractivity contribution >= 4 is 29.2 Å². The number of allylic oxidation sites excluding steroid dienone is 12. The van der Waals surface area contributed by atoms with Gasteiger partial charge in [0.15, 0.2) is 17.9 Å². The van der Waals surface area contributed by atoms with Gasteiger partial charge >= 0.3 is 11.9 Å². The average molecular weight is 1100 g/mol. The number of Topliss-reactive ketones (excluding diaryl/α,β-unsaturated/α-hetero) is 2. The highest BCUT2D eigenvalue weighted by Crippen LogP contribution is 2.38. The number of carboxylic acids is 1. The molecule has 2 saturated heterocycles. The van der Waals surface area contributed by atoms with Crippen molar-refractivity contribution in [3.8, 4) is 0 Å². The van der Waals surface area contributed by atoms with Crippen molar-refractivity contribution in [3.63, 3.8) is 0 Å². The van der Waals surface area contributed by atoms with Gasteiger partial charge in [0.1, 0.15) is 30.3 Å². The number of aliphatic carboxylic acids is 1. The third-order valence-corrected chi connectivity index (χ3v) is 14.1. The Morgan fingerprint density at radius 1 is 0.756 bits per heavy atom. The molecule has 1 aromatic rings. The molecular weight excluding hydrogens is 1010 g/mol. The Labute approximate surface area is 456 Å². The molecule has 0 amide bonds. The Bertz CT molecular complexity index is 2250. The molecule has 0 spiro atoms. The number of hydrogen-bond acceptors (Lipinski definition) is 19. The number of carbonyl (C=O) groups is 4. The third-order valence-electron chi connectivity index (χ3n) is 14.1. The normalized spacial score (nSPS) is 34.9. The number of aliphatic hydroxyl groups excluding tert-OH is 8. The van der Waals surface area contributed by atoms with Crippen LogP contribution in [0.2, 0.25) is 0 Å². The molecule has 3 heterocycles. The number of esters is 1. The minimum Gasteiger partial charge on any atom is -0.481 e. The minimum atomic E-state index is -2.31. The van der Waals surface area contributed by atoms with Gasteiger partial charge in [-0.05, 0) is 82.1 Å². The van der Waals surface area contributed by atoms with Crippen LogP contribution in [0.3, 0.4) is 0 Å². The molecule has 20 heteroatoms. The van der Waals surface area contributed by atoms with Gasteiger partial charge in [0.2, 0.25) is 0 Å². The molecule has 20 nitrogen and oxygen atoms in total. The number of aliphatic hydroxyl groups is 9. The van der Waals surface area contributed by atoms with E-state index in [2.05, 4.69) is 0 Å². The van der Waals surface area contributed by atoms with Gasteiger partial charge in [-0.2, -0.15) is 0 Å². The van der Waals surface area contributed by atoms with E-state index < -0.39 is 141 Å². The number of fused-ring (bicyclic) bond motifs is 2. The van der Waals surface area contributed by atoms with Crippen molar-refractivity contribution in [3.05, 3.63) is 115 Å². The molecule has 1 aromatic carbocycles. The Morgan fingerprint density at radius 2 is 1.32 bits per heavy atom. The molecule has 434 valence electrons. The molecule has 0 aliphatic carbocycles. The Morgan fingerprint density at radius 3 is 1.92 bits per heavy atom. The number of ether oxygens (including phenoxy) is 4. The van der Waals surface area contributed by atoms with E-state index >= 15 is 0 Å². The molecule has 2 fully saturated rings. The topological polar surface area (TPSA) is 360 Å². The molecule has 18 unspecified atom stereocenters. The Balaban J connectivity index is 1.52. The molecule has 3 aliphatic rings. The number of cyclic esters (lactones) is 1. The zero-order chi connectivity index (χ0) is 57.5. The first-order valence-electron chi connectivity index (χ1n) is 26.9. The van der Waals surface area contributed by atoms with Gasteiger partial charge in [-0.25, -0.2) is 0 Å². The van der Waals surface area contributed by atoms with Crippen LogP contribution in [0, 0.1) is 17.8 Å². The molecule has 78 heavy (non-hydrogen) atoms. The van der Waals surface area contributed by atoms with Crippen LogP contribution in [0.15, 0.2) is 109 Å². The predicted molar refractivity (Wildman–Crippen MR) is 289 cm³/mol. The molecule has 0 radical (unpaired) electrons. The fourth-order valence-corrected chi connectivity index (χ4v) is 9.84. The summed E-state index contributed by atoms with van der Waals surface area (Å²) < 4.78 is 23.7. The number of benzene rings is 1. The molecule has 3 aliphatic heterocycles. The lowest BCUT2D eigenvalue weighted by atomic mass is 9.82. The number of anilines is 1. The Hall–Kier alpha value is -5.04. The fraction of sp³-hybridized carbons (Fsp3) is 0.586. The number of carbonyl (C=O) groups excluding carboxylic acids is 3. The van der Waals surface area contributed by atoms with Crippen LogP contribution in [-0.4, -0.2) is 166 Å². The second-order valence-corrected chi connectivity index (χ2v) is 21.0. The summed E-state index contributed by atoms with van der Waals surface area (Å²) in [6, 6.07) is 5.28. The number of carboxylic acid groups (broad SMARTS) is 1. The highest BCUT2D eigenvalue weighted by molar-refractivity contribution is 5.96. The maximum Gasteiger partial charge on any atom is 0.313 e. The maximum absolute atomic E-state index is 13.2. The molecule has 4 rings (SSSR count). The average Bonchev–Trinajstić information content (AvgIpc) is 3.34. The second kappa shape index (κ2) is 32.9. The van der Waals surface area contributed by atoms with E-state index in [0.29, 0.717) is 17.7 Å². The van der Waals surface area contributed by atoms with Crippen molar-refractivity contribution < 1.29 is 89.2 Å². The summed E-state index contributed by atoms with van der Waals surface area (Å²) in [5.41, 5.74) is 12.7. The van der Waals surface area contributed by atoms with Gasteiger partial charge in [0.05, 0.1) is 67.1 Å². The minimum absolute atomic E-state index is 0.0724. The van der Waals surface area contributed by atoms with Crippen LogP contribution in [0.25, 0.3) is 0 Å². The largest absolute Gasteiger partial charge is 0.481 e. The fourth-order valence-electron chi connectivity index (χ4n) is 9.84. The zero-order valence-corrected chi connectivity index (χ0v) is 44.8. The van der Waals surface area contributed by atoms with Crippen molar-refractivity contribution in [2.45, 2.75) is 196 Å². The number of rotatable bonds is 10. The maximum atomic E-state index is 13.2. The van der Waals surface area contributed by atoms with E-state index in [0.717, 1.165) is 0 Å². The van der Waals surface area contributed by atoms with Crippen LogP contribution in [0.5, 0.6) is 0 Å². The second-order valence-electron chi connectivity index (χ2n) is 21.0. The number of nitrogens with two attached hydrogens (primary N) is 2. The van der Waals surface area contributed by atoms with E-state index in [1.165, 1.54) is 13.0 Å². The lowest BCUT2D eigenvalue weighted by molar-refractivity contribution is -0.308. The van der Waals surface area contributed by atoms with Gasteiger partial charge in [-0.15, -0.1) is 0 Å². The SMILES string of the molecule is CC1C=CC=CC=CC=CC=CC=CC=CC(OC2OC(C)C(O)C(N)C2O)CC2OC(O)(CC(O)CC(O)CC(O)CC(O)CCCC(=O)CC(=O)OC1C(C)CCC(O)CC(=O)c1ccc(N)cc1)CC(O)C2C(=O)O. The van der Waals surface area contributed by atoms with Gasteiger partial charge in [-0.3, -0.25) is 19.2 Å². The molecule has 14 N–H and O–H groups in total. The van der Waals surface area contributed by atoms with E-state index in [1.54, 1.807) is 97.2 Å². The van der Waals surface area contributed by atoms with Crippen LogP contribution in [-0.2, 0) is 33.3 Å². The van der Waals surface area contributed by atoms with E-state index in [-0.39, 0.29) is 69.0 Å². The summed E-state index contributed by atoms with van der Waals surface area (Å²) in [4.78, 5) is 51.5. The van der Waals surface area contributed by atoms with Gasteiger partial charge in [0.25, 0.3) is 0 Å². The first-order valence-corrected chi connectivity index (χ1v) is 26.9. The Kier molecular flexibility index (Phi) is 27.6. The highest BCUT2D eigenvalue weighted by atomic mass is 16.7. The standard InChI is InChI=1S/C58H84N2O18/c1-35-17-14-12-10-8-6-4-5-7-9-11-13-15-20-46(76-57-54(71)52(60)53(70)37(3)75-57)32-49-51(56(72)73)48(68)34-58(74,78-49)33-45(66)29-44(65)28-43(64)27-40(61)18-16-19-41(62)31-50(69)77-55(35)36(2)21-26-42(63)30-47(67)38-22-24-39(59)25-23-38/h4-15,17,20,22-25,35-37,40,42-46,48-49,51-55,57,61,63-66,68,70-71,74H,16,18-19,21,26-34,59-60H2,1-3H3,(H,72,73). The van der Waals surface area contributed by atoms with Gasteiger partial charge in [0, 0.05) is 49.3 Å². The van der Waals surface area contributed by atoms with Crippen molar-refractivity contribution in [1.82, 2.24) is 0 Å². The lowest BCUT2D eigenvalue weighted by Gasteiger charge is -2.45. The number of hydrogen-bond donors (Lipinski definition) is 12. The van der Waals surface area contributed by atoms with Gasteiger partial charge in [-0.1, -0.05) is 98.9 Å². The molecule has 0 saturated carbocycles. The summed E-state index contributed by atoms with van der Waals surface area (Å²) in [7, 11) is 0. The van der Waals surface area contributed by atoms with Crippen LogP contribution >= 0.6 is 0 Å². The van der Waals surface area contributed by atoms with Crippen molar-refractivity contribution in [2.24, 2.45) is 23.5 Å². The first kappa shape index (κ1) is 65.5. The molecular formula is C58H84N2O18. The number of nitrogen functional groups attached to an aromatic ring is 1. The smallest absolute Gasteiger partial charge is 0.313 e. The third kappa shape index (κ3) is 22.6. The summed E-state index contributed by atoms with van der Waals surface area (Å²) in [6.07, 6.45) is 5.99. The lowest BCUT2D eigenvalue weighted by Crippen LogP contribution is -2.61. The van der Waals surface area contributed by atoms with Crippen LogP contribution in [0.1, 0.15) is 115 Å². The molecule has 0 aromatic heterocycles. The van der Waals surface area contributed by atoms with Crippen LogP contribution < -0.4 is 11.5 Å². The summed E-state index contributed by atoms with van der Waals surface area (Å²) >= 11 is 0. The number of ketones is 2. The monoisotopic (exact) mass is 1100 g/mol. The predicted octanol–water partition coefficient (Wildman–Crippen LogP) is 3.32. The molecule has 2 bridgehead atoms. The van der Waals surface area contributed by atoms with Crippen molar-refractivity contribution in [1.29, 1.82) is 0 Å². The first-order chi connectivity index (χ1) is 36.9. The summed E-state index contributed by atoms with van der Waals surface area (Å²) in [5, 5.41) is 108. The molecule has 18 atom stereocenters. The quantitative estimate of drug-likeness (QED) is 0.0692.